The molecule has 0 aliphatic carbocycles. The normalized spacial score (nSPS) is 22.1. The molecule has 2 aliphatic heterocycles. The van der Waals surface area contributed by atoms with Gasteiger partial charge in [-0.05, 0) is 49.1 Å². The highest BCUT2D eigenvalue weighted by Gasteiger charge is 2.47. The van der Waals surface area contributed by atoms with Gasteiger partial charge in [0.2, 0.25) is 0 Å². The SMILES string of the molecule is CCCOc1cccc(/C(O)=C2/C(=O)C(=O)N(CC3CCCO3)C2c2cccc(OC)c2)c1. The van der Waals surface area contributed by atoms with Crippen molar-refractivity contribution in [2.75, 3.05) is 26.9 Å². The number of Topliss-reactive ketones (excluding diaryl/α,β-unsaturated/α-hetero) is 1. The lowest BCUT2D eigenvalue weighted by molar-refractivity contribution is -0.140. The number of ether oxygens (including phenoxy) is 3. The topological polar surface area (TPSA) is 85.3 Å². The molecular weight excluding hydrogens is 422 g/mol. The van der Waals surface area contributed by atoms with E-state index in [2.05, 4.69) is 0 Å². The Morgan fingerprint density at radius 2 is 1.94 bits per heavy atom. The van der Waals surface area contributed by atoms with Gasteiger partial charge in [-0.2, -0.15) is 0 Å². The molecule has 0 aromatic heterocycles. The van der Waals surface area contributed by atoms with Crippen molar-refractivity contribution >= 4 is 17.4 Å². The van der Waals surface area contributed by atoms with Gasteiger partial charge in [-0.1, -0.05) is 31.2 Å². The molecule has 2 fully saturated rings. The van der Waals surface area contributed by atoms with Gasteiger partial charge in [0.25, 0.3) is 11.7 Å². The maximum absolute atomic E-state index is 13.2. The van der Waals surface area contributed by atoms with Crippen LogP contribution in [0.25, 0.3) is 5.76 Å². The van der Waals surface area contributed by atoms with Crippen LogP contribution in [0.2, 0.25) is 0 Å². The molecular formula is C26H29NO6. The second-order valence-corrected chi connectivity index (χ2v) is 8.24. The van der Waals surface area contributed by atoms with Gasteiger partial charge < -0.3 is 24.2 Å². The fraction of sp³-hybridized carbons (Fsp3) is 0.385. The van der Waals surface area contributed by atoms with Gasteiger partial charge in [-0.25, -0.2) is 0 Å². The van der Waals surface area contributed by atoms with E-state index in [0.29, 0.717) is 35.8 Å². The Balaban J connectivity index is 1.79. The van der Waals surface area contributed by atoms with E-state index in [1.807, 2.05) is 13.0 Å². The van der Waals surface area contributed by atoms with Crippen molar-refractivity contribution in [2.45, 2.75) is 38.3 Å². The molecule has 2 unspecified atom stereocenters. The highest BCUT2D eigenvalue weighted by molar-refractivity contribution is 6.46. The molecule has 2 aliphatic rings. The predicted octanol–water partition coefficient (Wildman–Crippen LogP) is 4.08. The number of aliphatic hydroxyl groups excluding tert-OH is 1. The van der Waals surface area contributed by atoms with Crippen LogP contribution in [0.5, 0.6) is 11.5 Å². The summed E-state index contributed by atoms with van der Waals surface area (Å²) >= 11 is 0. The molecule has 33 heavy (non-hydrogen) atoms. The van der Waals surface area contributed by atoms with E-state index < -0.39 is 17.7 Å². The van der Waals surface area contributed by atoms with Gasteiger partial charge in [0.05, 0.1) is 31.4 Å². The number of aliphatic hydroxyl groups is 1. The summed E-state index contributed by atoms with van der Waals surface area (Å²) in [7, 11) is 1.56. The molecule has 1 amide bonds. The first-order chi connectivity index (χ1) is 16.0. The highest BCUT2D eigenvalue weighted by Crippen LogP contribution is 2.41. The minimum atomic E-state index is -0.746. The van der Waals surface area contributed by atoms with E-state index in [1.165, 1.54) is 4.90 Å². The third-order valence-electron chi connectivity index (χ3n) is 5.95. The summed E-state index contributed by atoms with van der Waals surface area (Å²) in [6, 6.07) is 13.4. The van der Waals surface area contributed by atoms with Crippen LogP contribution in [-0.2, 0) is 14.3 Å². The second-order valence-electron chi connectivity index (χ2n) is 8.24. The fourth-order valence-electron chi connectivity index (χ4n) is 4.34. The van der Waals surface area contributed by atoms with Crippen LogP contribution in [0.15, 0.2) is 54.1 Å². The van der Waals surface area contributed by atoms with Crippen molar-refractivity contribution in [2.24, 2.45) is 0 Å². The fourth-order valence-corrected chi connectivity index (χ4v) is 4.34. The number of nitrogens with zero attached hydrogens (tertiary/aromatic N) is 1. The number of hydrogen-bond acceptors (Lipinski definition) is 6. The lowest BCUT2D eigenvalue weighted by Gasteiger charge is -2.27. The maximum Gasteiger partial charge on any atom is 0.295 e. The van der Waals surface area contributed by atoms with E-state index in [1.54, 1.807) is 49.6 Å². The molecule has 2 atom stereocenters. The molecule has 7 heteroatoms. The number of methoxy groups -OCH3 is 1. The maximum atomic E-state index is 13.2. The molecule has 4 rings (SSSR count). The van der Waals surface area contributed by atoms with Gasteiger partial charge >= 0.3 is 0 Å². The van der Waals surface area contributed by atoms with Crippen LogP contribution >= 0.6 is 0 Å². The molecule has 0 saturated carbocycles. The standard InChI is InChI=1S/C26H29NO6/c1-3-12-32-20-10-5-8-18(15-20)24(28)22-23(17-7-4-9-19(14-17)31-2)27(26(30)25(22)29)16-21-11-6-13-33-21/h4-5,7-10,14-15,21,23,28H,3,6,11-13,16H2,1-2H3/b24-22-. The van der Waals surface area contributed by atoms with Gasteiger partial charge in [0, 0.05) is 18.7 Å². The third-order valence-corrected chi connectivity index (χ3v) is 5.95. The molecule has 2 aromatic rings. The molecule has 174 valence electrons. The number of likely N-dealkylation sites (tertiary alicyclic amines) is 1. The highest BCUT2D eigenvalue weighted by atomic mass is 16.5. The van der Waals surface area contributed by atoms with Crippen LogP contribution in [0.1, 0.15) is 43.4 Å². The first-order valence-corrected chi connectivity index (χ1v) is 11.3. The van der Waals surface area contributed by atoms with Crippen molar-refractivity contribution in [3.63, 3.8) is 0 Å². The van der Waals surface area contributed by atoms with E-state index >= 15 is 0 Å². The van der Waals surface area contributed by atoms with Crippen LogP contribution in [-0.4, -0.2) is 54.7 Å². The number of rotatable bonds is 8. The zero-order valence-electron chi connectivity index (χ0n) is 19.0. The van der Waals surface area contributed by atoms with Crippen molar-refractivity contribution in [1.82, 2.24) is 4.90 Å². The summed E-state index contributed by atoms with van der Waals surface area (Å²) in [6.07, 6.45) is 2.45. The van der Waals surface area contributed by atoms with E-state index in [4.69, 9.17) is 14.2 Å². The zero-order chi connectivity index (χ0) is 23.4. The Labute approximate surface area is 193 Å². The van der Waals surface area contributed by atoms with Crippen LogP contribution in [0, 0.1) is 0 Å². The molecule has 2 saturated heterocycles. The lowest BCUT2D eigenvalue weighted by atomic mass is 9.95. The minimum Gasteiger partial charge on any atom is -0.507 e. The minimum absolute atomic E-state index is 0.0545. The summed E-state index contributed by atoms with van der Waals surface area (Å²) in [5.74, 6) is -0.382. The third kappa shape index (κ3) is 4.73. The summed E-state index contributed by atoms with van der Waals surface area (Å²) in [5, 5.41) is 11.3. The lowest BCUT2D eigenvalue weighted by Crippen LogP contribution is -2.36. The van der Waals surface area contributed by atoms with Gasteiger partial charge in [-0.3, -0.25) is 9.59 Å². The van der Waals surface area contributed by atoms with E-state index in [9.17, 15) is 14.7 Å². The summed E-state index contributed by atoms with van der Waals surface area (Å²) in [5.41, 5.74) is 1.16. The van der Waals surface area contributed by atoms with Gasteiger partial charge in [0.15, 0.2) is 0 Å². The molecule has 7 nitrogen and oxygen atoms in total. The average molecular weight is 452 g/mol. The van der Waals surface area contributed by atoms with Crippen LogP contribution in [0.4, 0.5) is 0 Å². The quantitative estimate of drug-likeness (QED) is 0.370. The number of amides is 1. The number of benzene rings is 2. The first kappa shape index (κ1) is 22.9. The first-order valence-electron chi connectivity index (χ1n) is 11.3. The summed E-state index contributed by atoms with van der Waals surface area (Å²) in [4.78, 5) is 27.8. The average Bonchev–Trinajstić information content (AvgIpc) is 3.45. The zero-order valence-corrected chi connectivity index (χ0v) is 19.0. The number of ketones is 1. The number of carbonyl (C=O) groups is 2. The van der Waals surface area contributed by atoms with Crippen molar-refractivity contribution < 1.29 is 28.9 Å². The van der Waals surface area contributed by atoms with Crippen LogP contribution in [0.3, 0.4) is 0 Å². The molecule has 2 aromatic carbocycles. The molecule has 0 bridgehead atoms. The summed E-state index contributed by atoms with van der Waals surface area (Å²) in [6.45, 7) is 3.47. The Morgan fingerprint density at radius 1 is 1.15 bits per heavy atom. The number of carbonyl (C=O) groups excluding carboxylic acids is 2. The van der Waals surface area contributed by atoms with Gasteiger partial charge in [0.1, 0.15) is 17.3 Å². The molecule has 0 radical (unpaired) electrons. The largest absolute Gasteiger partial charge is 0.507 e. The van der Waals surface area contributed by atoms with Gasteiger partial charge in [-0.15, -0.1) is 0 Å². The van der Waals surface area contributed by atoms with E-state index in [-0.39, 0.29) is 24.0 Å². The molecule has 1 N–H and O–H groups in total. The Hall–Kier alpha value is -3.32. The Morgan fingerprint density at radius 3 is 2.67 bits per heavy atom. The molecule has 0 spiro atoms. The number of hydrogen-bond donors (Lipinski definition) is 1. The predicted molar refractivity (Wildman–Crippen MR) is 123 cm³/mol. The van der Waals surface area contributed by atoms with Crippen molar-refractivity contribution in [1.29, 1.82) is 0 Å². The second kappa shape index (κ2) is 10.1. The van der Waals surface area contributed by atoms with E-state index in [0.717, 1.165) is 19.3 Å². The Kier molecular flexibility index (Phi) is 6.99. The molecule has 2 heterocycles. The summed E-state index contributed by atoms with van der Waals surface area (Å²) < 4.78 is 16.8. The monoisotopic (exact) mass is 451 g/mol. The van der Waals surface area contributed by atoms with Crippen LogP contribution < -0.4 is 9.47 Å². The Bertz CT molecular complexity index is 1060. The smallest absolute Gasteiger partial charge is 0.295 e. The van der Waals surface area contributed by atoms with Crippen molar-refractivity contribution in [3.8, 4) is 11.5 Å². The van der Waals surface area contributed by atoms with Crippen molar-refractivity contribution in [3.05, 3.63) is 65.2 Å².